The van der Waals surface area contributed by atoms with Crippen LogP contribution in [0.15, 0.2) is 53.7 Å². The van der Waals surface area contributed by atoms with Crippen LogP contribution in [-0.4, -0.2) is 39.4 Å². The second kappa shape index (κ2) is 9.18. The number of H-pyrrole nitrogens is 1. The Balaban J connectivity index is 1.56. The van der Waals surface area contributed by atoms with Gasteiger partial charge in [0.15, 0.2) is 5.82 Å². The molecule has 0 aliphatic heterocycles. The summed E-state index contributed by atoms with van der Waals surface area (Å²) in [5.41, 5.74) is 3.03. The van der Waals surface area contributed by atoms with Gasteiger partial charge in [0, 0.05) is 11.3 Å². The van der Waals surface area contributed by atoms with Gasteiger partial charge in [0.1, 0.15) is 0 Å². The molecule has 0 atom stereocenters. The predicted octanol–water partition coefficient (Wildman–Crippen LogP) is 3.69. The van der Waals surface area contributed by atoms with Crippen molar-refractivity contribution in [3.8, 4) is 11.4 Å². The zero-order valence-corrected chi connectivity index (χ0v) is 16.4. The summed E-state index contributed by atoms with van der Waals surface area (Å²) in [6.45, 7) is 4.06. The number of benzene rings is 2. The predicted molar refractivity (Wildman–Crippen MR) is 108 cm³/mol. The molecule has 7 nitrogen and oxygen atoms in total. The van der Waals surface area contributed by atoms with Crippen molar-refractivity contribution >= 4 is 29.3 Å². The molecule has 2 aromatic carbocycles. The van der Waals surface area contributed by atoms with Gasteiger partial charge in [0.25, 0.3) is 0 Å². The van der Waals surface area contributed by atoms with Crippen molar-refractivity contribution in [1.82, 2.24) is 15.2 Å². The zero-order chi connectivity index (χ0) is 19.9. The molecule has 0 saturated carbocycles. The van der Waals surface area contributed by atoms with Gasteiger partial charge < -0.3 is 10.1 Å². The van der Waals surface area contributed by atoms with E-state index in [0.29, 0.717) is 28.8 Å². The van der Waals surface area contributed by atoms with Gasteiger partial charge in [-0.25, -0.2) is 9.78 Å². The third-order valence-corrected chi connectivity index (χ3v) is 4.63. The van der Waals surface area contributed by atoms with E-state index in [2.05, 4.69) is 20.5 Å². The van der Waals surface area contributed by atoms with Gasteiger partial charge in [-0.2, -0.15) is 0 Å². The van der Waals surface area contributed by atoms with E-state index < -0.39 is 5.97 Å². The summed E-state index contributed by atoms with van der Waals surface area (Å²) in [6.07, 6.45) is 0. The van der Waals surface area contributed by atoms with Gasteiger partial charge in [-0.3, -0.25) is 9.89 Å². The van der Waals surface area contributed by atoms with Crippen molar-refractivity contribution in [1.29, 1.82) is 0 Å². The third kappa shape index (κ3) is 5.20. The molecular formula is C20H20N4O3S. The van der Waals surface area contributed by atoms with E-state index in [9.17, 15) is 9.59 Å². The Hall–Kier alpha value is -3.13. The van der Waals surface area contributed by atoms with E-state index >= 15 is 0 Å². The van der Waals surface area contributed by atoms with Crippen LogP contribution in [0.4, 0.5) is 5.69 Å². The van der Waals surface area contributed by atoms with Crippen molar-refractivity contribution in [3.63, 3.8) is 0 Å². The lowest BCUT2D eigenvalue weighted by Crippen LogP contribution is -2.14. The van der Waals surface area contributed by atoms with Crippen LogP contribution < -0.4 is 5.32 Å². The van der Waals surface area contributed by atoms with Gasteiger partial charge in [-0.15, -0.1) is 5.10 Å². The number of nitrogens with zero attached hydrogens (tertiary/aromatic N) is 2. The van der Waals surface area contributed by atoms with E-state index in [0.717, 1.165) is 5.56 Å². The molecule has 3 rings (SSSR count). The molecule has 0 bridgehead atoms. The standard InChI is InChI=1S/C20H20N4O3S/c1-3-27-19(26)15-5-4-6-16(11-15)21-17(25)12-28-20-22-18(23-24-20)14-9-7-13(2)8-10-14/h4-11H,3,12H2,1-2H3,(H,21,25)(H,22,23,24). The summed E-state index contributed by atoms with van der Waals surface area (Å²) >= 11 is 1.23. The fourth-order valence-corrected chi connectivity index (χ4v) is 3.02. The quantitative estimate of drug-likeness (QED) is 0.467. The van der Waals surface area contributed by atoms with Crippen LogP contribution in [0.25, 0.3) is 11.4 Å². The zero-order valence-electron chi connectivity index (χ0n) is 15.6. The molecule has 8 heteroatoms. The molecule has 1 heterocycles. The summed E-state index contributed by atoms with van der Waals surface area (Å²) in [6, 6.07) is 14.6. The molecule has 3 aromatic rings. The normalized spacial score (nSPS) is 10.5. The minimum absolute atomic E-state index is 0.148. The van der Waals surface area contributed by atoms with Crippen molar-refractivity contribution in [2.24, 2.45) is 0 Å². The number of hydrogen-bond acceptors (Lipinski definition) is 6. The number of hydrogen-bond donors (Lipinski definition) is 2. The maximum atomic E-state index is 12.2. The molecular weight excluding hydrogens is 376 g/mol. The van der Waals surface area contributed by atoms with Crippen LogP contribution in [0.2, 0.25) is 0 Å². The Kier molecular flexibility index (Phi) is 6.44. The Labute approximate surface area is 166 Å². The second-order valence-corrected chi connectivity index (χ2v) is 6.91. The highest BCUT2D eigenvalue weighted by Crippen LogP contribution is 2.20. The lowest BCUT2D eigenvalue weighted by atomic mass is 10.1. The summed E-state index contributed by atoms with van der Waals surface area (Å²) in [7, 11) is 0. The Bertz CT molecular complexity index is 970. The first-order chi connectivity index (χ1) is 13.5. The Morgan fingerprint density at radius 1 is 1.18 bits per heavy atom. The number of aromatic nitrogens is 3. The van der Waals surface area contributed by atoms with Gasteiger partial charge in [-0.05, 0) is 32.0 Å². The number of rotatable bonds is 7. The first-order valence-electron chi connectivity index (χ1n) is 8.74. The number of thioether (sulfide) groups is 1. The van der Waals surface area contributed by atoms with Crippen molar-refractivity contribution in [2.75, 3.05) is 17.7 Å². The smallest absolute Gasteiger partial charge is 0.338 e. The fourth-order valence-electron chi connectivity index (χ4n) is 2.42. The summed E-state index contributed by atoms with van der Waals surface area (Å²) in [5.74, 6) is 0.171. The van der Waals surface area contributed by atoms with Crippen molar-refractivity contribution in [2.45, 2.75) is 19.0 Å². The van der Waals surface area contributed by atoms with Crippen LogP contribution in [0, 0.1) is 6.92 Å². The average Bonchev–Trinajstić information content (AvgIpc) is 3.16. The minimum atomic E-state index is -0.419. The average molecular weight is 396 g/mol. The molecule has 0 fully saturated rings. The van der Waals surface area contributed by atoms with E-state index in [-0.39, 0.29) is 11.7 Å². The fraction of sp³-hybridized carbons (Fsp3) is 0.200. The van der Waals surface area contributed by atoms with E-state index in [4.69, 9.17) is 4.74 Å². The SMILES string of the molecule is CCOC(=O)c1cccc(NC(=O)CSc2n[nH]c(-c3ccc(C)cc3)n2)c1. The Morgan fingerprint density at radius 2 is 1.96 bits per heavy atom. The lowest BCUT2D eigenvalue weighted by molar-refractivity contribution is -0.113. The van der Waals surface area contributed by atoms with Crippen LogP contribution in [-0.2, 0) is 9.53 Å². The number of carbonyl (C=O) groups excluding carboxylic acids is 2. The second-order valence-electron chi connectivity index (χ2n) is 5.97. The highest BCUT2D eigenvalue weighted by atomic mass is 32.2. The molecule has 0 radical (unpaired) electrons. The monoisotopic (exact) mass is 396 g/mol. The number of nitrogens with one attached hydrogen (secondary N) is 2. The van der Waals surface area contributed by atoms with Gasteiger partial charge >= 0.3 is 5.97 Å². The lowest BCUT2D eigenvalue weighted by Gasteiger charge is -2.06. The maximum Gasteiger partial charge on any atom is 0.338 e. The van der Waals surface area contributed by atoms with Crippen LogP contribution in [0.5, 0.6) is 0 Å². The van der Waals surface area contributed by atoms with E-state index in [1.807, 2.05) is 31.2 Å². The van der Waals surface area contributed by atoms with Crippen molar-refractivity contribution in [3.05, 3.63) is 59.7 Å². The maximum absolute atomic E-state index is 12.2. The molecule has 28 heavy (non-hydrogen) atoms. The highest BCUT2D eigenvalue weighted by molar-refractivity contribution is 7.99. The number of aryl methyl sites for hydroxylation is 1. The molecule has 1 amide bonds. The van der Waals surface area contributed by atoms with Crippen LogP contribution >= 0.6 is 11.8 Å². The first kappa shape index (κ1) is 19.6. The number of esters is 1. The molecule has 1 aromatic heterocycles. The molecule has 0 aliphatic rings. The van der Waals surface area contributed by atoms with Crippen LogP contribution in [0.1, 0.15) is 22.8 Å². The van der Waals surface area contributed by atoms with Crippen LogP contribution in [0.3, 0.4) is 0 Å². The number of aromatic amines is 1. The molecule has 2 N–H and O–H groups in total. The van der Waals surface area contributed by atoms with Gasteiger partial charge in [-0.1, -0.05) is 47.7 Å². The topological polar surface area (TPSA) is 97.0 Å². The summed E-state index contributed by atoms with van der Waals surface area (Å²) in [5, 5.41) is 10.3. The minimum Gasteiger partial charge on any atom is -0.462 e. The molecule has 144 valence electrons. The van der Waals surface area contributed by atoms with Gasteiger partial charge in [0.05, 0.1) is 17.9 Å². The number of carbonyl (C=O) groups is 2. The first-order valence-corrected chi connectivity index (χ1v) is 9.73. The van der Waals surface area contributed by atoms with Crippen molar-refractivity contribution < 1.29 is 14.3 Å². The van der Waals surface area contributed by atoms with E-state index in [1.165, 1.54) is 17.3 Å². The third-order valence-electron chi connectivity index (χ3n) is 3.78. The number of anilines is 1. The highest BCUT2D eigenvalue weighted by Gasteiger charge is 2.11. The molecule has 0 spiro atoms. The largest absolute Gasteiger partial charge is 0.462 e. The summed E-state index contributed by atoms with van der Waals surface area (Å²) < 4.78 is 4.96. The van der Waals surface area contributed by atoms with E-state index in [1.54, 1.807) is 31.2 Å². The molecule has 0 unspecified atom stereocenters. The molecule has 0 saturated heterocycles. The number of amides is 1. The molecule has 0 aliphatic carbocycles. The van der Waals surface area contributed by atoms with Gasteiger partial charge in [0.2, 0.25) is 11.1 Å². The summed E-state index contributed by atoms with van der Waals surface area (Å²) in [4.78, 5) is 28.4. The Morgan fingerprint density at radius 3 is 2.71 bits per heavy atom. The number of ether oxygens (including phenoxy) is 1.